The van der Waals surface area contributed by atoms with Crippen LogP contribution in [0, 0.1) is 6.92 Å². The quantitative estimate of drug-likeness (QED) is 0.218. The molecule has 2 N–H and O–H groups in total. The Labute approximate surface area is 274 Å². The summed E-state index contributed by atoms with van der Waals surface area (Å²) in [6.45, 7) is 4.95. The molecule has 0 aliphatic carbocycles. The number of aromatic amines is 1. The zero-order valence-electron chi connectivity index (χ0n) is 24.6. The predicted molar refractivity (Wildman–Crippen MR) is 179 cm³/mol. The first-order chi connectivity index (χ1) is 21.1. The highest BCUT2D eigenvalue weighted by molar-refractivity contribution is 9.10. The molecule has 0 unspecified atom stereocenters. The molecule has 6 rings (SSSR count). The highest BCUT2D eigenvalue weighted by Crippen LogP contribution is 2.55. The maximum absolute atomic E-state index is 15.0. The van der Waals surface area contributed by atoms with Crippen LogP contribution in [0.4, 0.5) is 0 Å². The van der Waals surface area contributed by atoms with Crippen LogP contribution in [-0.4, -0.2) is 56.4 Å². The van der Waals surface area contributed by atoms with Crippen molar-refractivity contribution >= 4 is 67.9 Å². The Hall–Kier alpha value is -3.27. The molecule has 2 aliphatic rings. The molecular formula is C34H34BrClN4O3S. The van der Waals surface area contributed by atoms with E-state index in [0.29, 0.717) is 37.5 Å². The fraction of sp³-hybridized carbons (Fsp3) is 0.324. The molecule has 7 nitrogen and oxygen atoms in total. The molecule has 3 amide bonds. The fourth-order valence-electron chi connectivity index (χ4n) is 6.48. The van der Waals surface area contributed by atoms with Gasteiger partial charge in [-0.25, -0.2) is 0 Å². The number of H-pyrrole nitrogens is 1. The van der Waals surface area contributed by atoms with Gasteiger partial charge in [-0.05, 0) is 61.7 Å². The van der Waals surface area contributed by atoms with Gasteiger partial charge in [0, 0.05) is 69.7 Å². The Morgan fingerprint density at radius 2 is 1.77 bits per heavy atom. The molecule has 10 heteroatoms. The lowest BCUT2D eigenvalue weighted by Gasteiger charge is -2.41. The number of carbonyl (C=O) groups excluding carboxylic acids is 3. The van der Waals surface area contributed by atoms with Gasteiger partial charge in [0.1, 0.15) is 4.75 Å². The van der Waals surface area contributed by atoms with E-state index in [-0.39, 0.29) is 30.2 Å². The summed E-state index contributed by atoms with van der Waals surface area (Å²) in [7, 11) is 0. The molecule has 228 valence electrons. The first-order valence-electron chi connectivity index (χ1n) is 14.8. The number of aromatic nitrogens is 1. The maximum atomic E-state index is 15.0. The number of hydrogen-bond acceptors (Lipinski definition) is 4. The van der Waals surface area contributed by atoms with E-state index in [4.69, 9.17) is 11.6 Å². The monoisotopic (exact) mass is 692 g/mol. The van der Waals surface area contributed by atoms with E-state index in [0.717, 1.165) is 37.0 Å². The minimum absolute atomic E-state index is 0.0329. The normalized spacial score (nSPS) is 20.8. The number of likely N-dealkylation sites (tertiary alicyclic amines) is 2. The van der Waals surface area contributed by atoms with Crippen LogP contribution in [0.25, 0.3) is 10.9 Å². The number of nitrogens with zero attached hydrogens (tertiary/aromatic N) is 2. The minimum Gasteiger partial charge on any atom is -0.361 e. The molecule has 0 saturated carbocycles. The first-order valence-corrected chi connectivity index (χ1v) is 16.7. The maximum Gasteiger partial charge on any atom is 0.242 e. The van der Waals surface area contributed by atoms with Crippen LogP contribution >= 0.6 is 39.3 Å². The number of benzene rings is 3. The Morgan fingerprint density at radius 3 is 2.45 bits per heavy atom. The van der Waals surface area contributed by atoms with Crippen LogP contribution in [0.1, 0.15) is 48.9 Å². The number of nitrogens with one attached hydrogen (secondary N) is 2. The van der Waals surface area contributed by atoms with Gasteiger partial charge in [0.25, 0.3) is 0 Å². The van der Waals surface area contributed by atoms with Crippen molar-refractivity contribution in [3.8, 4) is 0 Å². The first kappa shape index (κ1) is 30.7. The molecule has 0 bridgehead atoms. The minimum atomic E-state index is -1.13. The number of thioether (sulfide) groups is 1. The third-order valence-corrected chi connectivity index (χ3v) is 10.8. The number of carbonyl (C=O) groups is 3. The van der Waals surface area contributed by atoms with E-state index < -0.39 is 10.8 Å². The molecule has 0 radical (unpaired) electrons. The van der Waals surface area contributed by atoms with Crippen molar-refractivity contribution in [2.45, 2.75) is 61.4 Å². The lowest BCUT2D eigenvalue weighted by molar-refractivity contribution is -0.136. The van der Waals surface area contributed by atoms with Crippen LogP contribution in [0.15, 0.2) is 82.3 Å². The SMILES string of the molecule is CC(=O)NC1CCN(C(=O)[C@]2(Sc3ccc(C)cc3)CC(=O)N(Cc3ccc(Br)cc3)[C@H]2c2c[nH]c3cc(Cl)ccc23)CC1. The summed E-state index contributed by atoms with van der Waals surface area (Å²) in [5.74, 6) is -0.183. The van der Waals surface area contributed by atoms with Crippen LogP contribution in [0.3, 0.4) is 0 Å². The molecule has 3 heterocycles. The van der Waals surface area contributed by atoms with Crippen LogP contribution in [0.5, 0.6) is 0 Å². The Kier molecular flexibility index (Phi) is 8.81. The summed E-state index contributed by atoms with van der Waals surface area (Å²) >= 11 is 11.4. The van der Waals surface area contributed by atoms with Crippen LogP contribution in [-0.2, 0) is 20.9 Å². The third kappa shape index (κ3) is 6.14. The molecule has 2 saturated heterocycles. The van der Waals surface area contributed by atoms with Crippen LogP contribution in [0.2, 0.25) is 5.02 Å². The largest absolute Gasteiger partial charge is 0.361 e. The molecular weight excluding hydrogens is 660 g/mol. The zero-order chi connectivity index (χ0) is 31.0. The summed E-state index contributed by atoms with van der Waals surface area (Å²) in [6.07, 6.45) is 3.34. The van der Waals surface area contributed by atoms with Crippen molar-refractivity contribution in [3.05, 3.63) is 99.1 Å². The van der Waals surface area contributed by atoms with Crippen molar-refractivity contribution in [1.82, 2.24) is 20.1 Å². The Morgan fingerprint density at radius 1 is 1.07 bits per heavy atom. The second kappa shape index (κ2) is 12.6. The highest BCUT2D eigenvalue weighted by Gasteiger charge is 2.59. The predicted octanol–water partition coefficient (Wildman–Crippen LogP) is 7.02. The van der Waals surface area contributed by atoms with E-state index in [1.807, 2.05) is 89.7 Å². The molecule has 2 atom stereocenters. The second-order valence-corrected chi connectivity index (χ2v) is 14.5. The Bertz CT molecular complexity index is 1700. The van der Waals surface area contributed by atoms with Gasteiger partial charge in [-0.3, -0.25) is 14.4 Å². The van der Waals surface area contributed by atoms with Gasteiger partial charge >= 0.3 is 0 Å². The smallest absolute Gasteiger partial charge is 0.242 e. The second-order valence-electron chi connectivity index (χ2n) is 11.7. The van der Waals surface area contributed by atoms with Gasteiger partial charge in [-0.15, -0.1) is 11.8 Å². The summed E-state index contributed by atoms with van der Waals surface area (Å²) < 4.78 is -0.168. The van der Waals surface area contributed by atoms with Gasteiger partial charge in [-0.1, -0.05) is 63.4 Å². The van der Waals surface area contributed by atoms with Crippen molar-refractivity contribution in [1.29, 1.82) is 0 Å². The van der Waals surface area contributed by atoms with Gasteiger partial charge in [-0.2, -0.15) is 0 Å². The van der Waals surface area contributed by atoms with E-state index >= 15 is 4.79 Å². The number of fused-ring (bicyclic) bond motifs is 1. The average Bonchev–Trinajstić information content (AvgIpc) is 3.52. The molecule has 1 aromatic heterocycles. The van der Waals surface area contributed by atoms with Crippen molar-refractivity contribution in [2.75, 3.05) is 13.1 Å². The molecule has 4 aromatic rings. The number of aryl methyl sites for hydroxylation is 1. The summed E-state index contributed by atoms with van der Waals surface area (Å²) in [4.78, 5) is 49.0. The molecule has 0 spiro atoms. The van der Waals surface area contributed by atoms with Gasteiger partial charge in [0.05, 0.1) is 12.5 Å². The van der Waals surface area contributed by atoms with Crippen LogP contribution < -0.4 is 5.32 Å². The van der Waals surface area contributed by atoms with Gasteiger partial charge in [0.2, 0.25) is 17.7 Å². The number of piperidine rings is 1. The standard InChI is InChI=1S/C34H34BrClN4O3S/c1-21-3-10-27(11-4-21)44-34(33(43)39-15-13-26(14-16-39)38-22(2)41)18-31(42)40(20-23-5-7-24(35)8-6-23)32(34)29-19-37-30-17-25(36)9-12-28(29)30/h3-12,17,19,26,32,37H,13-16,18,20H2,1-2H3,(H,38,41)/t32-,34-/m0/s1. The van der Waals surface area contributed by atoms with Gasteiger partial charge in [0.15, 0.2) is 0 Å². The number of amides is 3. The van der Waals surface area contributed by atoms with Crippen molar-refractivity contribution in [2.24, 2.45) is 0 Å². The van der Waals surface area contributed by atoms with Crippen molar-refractivity contribution < 1.29 is 14.4 Å². The zero-order valence-corrected chi connectivity index (χ0v) is 27.8. The molecule has 2 fully saturated rings. The fourth-order valence-corrected chi connectivity index (χ4v) is 8.38. The molecule has 3 aromatic carbocycles. The van der Waals surface area contributed by atoms with E-state index in [1.54, 1.807) is 0 Å². The lowest BCUT2D eigenvalue weighted by atomic mass is 9.89. The third-order valence-electron chi connectivity index (χ3n) is 8.60. The molecule has 44 heavy (non-hydrogen) atoms. The average molecular weight is 694 g/mol. The summed E-state index contributed by atoms with van der Waals surface area (Å²) in [5.41, 5.74) is 3.85. The highest BCUT2D eigenvalue weighted by atomic mass is 79.9. The number of halogens is 2. The van der Waals surface area contributed by atoms with Crippen molar-refractivity contribution in [3.63, 3.8) is 0 Å². The lowest BCUT2D eigenvalue weighted by Crippen LogP contribution is -2.54. The van der Waals surface area contributed by atoms with E-state index in [2.05, 4.69) is 26.2 Å². The number of hydrogen-bond donors (Lipinski definition) is 2. The van der Waals surface area contributed by atoms with E-state index in [1.165, 1.54) is 18.7 Å². The Balaban J connectivity index is 1.47. The van der Waals surface area contributed by atoms with Gasteiger partial charge < -0.3 is 20.1 Å². The summed E-state index contributed by atoms with van der Waals surface area (Å²) in [5, 5.41) is 4.55. The number of rotatable bonds is 7. The molecule has 2 aliphatic heterocycles. The summed E-state index contributed by atoms with van der Waals surface area (Å²) in [6, 6.07) is 21.3. The van der Waals surface area contributed by atoms with E-state index in [9.17, 15) is 9.59 Å². The topological polar surface area (TPSA) is 85.5 Å².